The molecule has 0 heterocycles. The highest BCUT2D eigenvalue weighted by Gasteiger charge is 1.78. The van der Waals surface area contributed by atoms with E-state index in [1.54, 1.807) is 6.92 Å². The maximum atomic E-state index is 11.8. The van der Waals surface area contributed by atoms with Gasteiger partial charge >= 0.3 is 0 Å². The van der Waals surface area contributed by atoms with Crippen molar-refractivity contribution in [3.8, 4) is 0 Å². The second-order valence-corrected chi connectivity index (χ2v) is 1.58. The number of rotatable bonds is 1. The molecule has 0 N–H and O–H groups in total. The van der Waals surface area contributed by atoms with Gasteiger partial charge in [-0.3, -0.25) is 0 Å². The molecule has 0 aromatic heterocycles. The highest BCUT2D eigenvalue weighted by Crippen LogP contribution is 1.97. The van der Waals surface area contributed by atoms with Gasteiger partial charge < -0.3 is 0 Å². The molecule has 0 bridgehead atoms. The van der Waals surface area contributed by atoms with E-state index in [9.17, 15) is 4.39 Å². The predicted octanol–water partition coefficient (Wildman–Crippen LogP) is 3.46. The van der Waals surface area contributed by atoms with E-state index < -0.39 is 0 Å². The molecule has 0 nitrogen and oxygen atoms in total. The molecule has 0 aromatic rings. The Balaban J connectivity index is 0. The van der Waals surface area contributed by atoms with E-state index in [0.29, 0.717) is 0 Å². The Morgan fingerprint density at radius 2 is 1.67 bits per heavy atom. The van der Waals surface area contributed by atoms with Crippen LogP contribution in [-0.2, 0) is 0 Å². The Morgan fingerprint density at radius 3 is 1.67 bits per heavy atom. The van der Waals surface area contributed by atoms with Gasteiger partial charge in [0.15, 0.2) is 0 Å². The fraction of sp³-hybridized carbons (Fsp3) is 0.500. The van der Waals surface area contributed by atoms with Crippen molar-refractivity contribution in [2.24, 2.45) is 0 Å². The molecule has 0 aliphatic rings. The van der Waals surface area contributed by atoms with Gasteiger partial charge in [-0.25, -0.2) is 4.39 Å². The van der Waals surface area contributed by atoms with E-state index in [-0.39, 0.29) is 5.83 Å². The van der Waals surface area contributed by atoms with Crippen LogP contribution in [-0.4, -0.2) is 0 Å². The summed E-state index contributed by atoms with van der Waals surface area (Å²) >= 11 is 0. The third-order valence-electron chi connectivity index (χ3n) is 0.445. The van der Waals surface area contributed by atoms with Gasteiger partial charge in [-0.05, 0) is 19.9 Å². The second-order valence-electron chi connectivity index (χ2n) is 1.58. The zero-order valence-electron chi connectivity index (χ0n) is 6.66. The second kappa shape index (κ2) is 7.41. The quantitative estimate of drug-likeness (QED) is 0.477. The van der Waals surface area contributed by atoms with Crippen LogP contribution in [0.25, 0.3) is 0 Å². The molecule has 0 atom stereocenters. The standard InChI is InChI=1S/C6H9F.C2H6/c1-5(2)4-6(3)7;1-2/h4H,1H2,2-3H3;1-2H3/b6-4+;. The molecule has 0 aliphatic carbocycles. The van der Waals surface area contributed by atoms with Crippen molar-refractivity contribution in [3.63, 3.8) is 0 Å². The summed E-state index contributed by atoms with van der Waals surface area (Å²) in [6.07, 6.45) is 1.39. The Kier molecular flexibility index (Phi) is 9.25. The summed E-state index contributed by atoms with van der Waals surface area (Å²) in [5, 5.41) is 0. The predicted molar refractivity (Wildman–Crippen MR) is 41.0 cm³/mol. The summed E-state index contributed by atoms with van der Waals surface area (Å²) in [5.74, 6) is -0.187. The smallest absolute Gasteiger partial charge is 0.0971 e. The molecule has 9 heavy (non-hydrogen) atoms. The van der Waals surface area contributed by atoms with Crippen molar-refractivity contribution in [3.05, 3.63) is 24.1 Å². The van der Waals surface area contributed by atoms with Gasteiger partial charge in [0.1, 0.15) is 0 Å². The zero-order valence-corrected chi connectivity index (χ0v) is 6.66. The van der Waals surface area contributed by atoms with Crippen molar-refractivity contribution in [1.82, 2.24) is 0 Å². The van der Waals surface area contributed by atoms with Crippen LogP contribution in [0, 0.1) is 0 Å². The lowest BCUT2D eigenvalue weighted by molar-refractivity contribution is 0.639. The highest BCUT2D eigenvalue weighted by molar-refractivity contribution is 5.12. The van der Waals surface area contributed by atoms with Crippen molar-refractivity contribution >= 4 is 0 Å². The third-order valence-corrected chi connectivity index (χ3v) is 0.445. The summed E-state index contributed by atoms with van der Waals surface area (Å²) < 4.78 is 11.8. The summed E-state index contributed by atoms with van der Waals surface area (Å²) in [6.45, 7) is 10.6. The van der Waals surface area contributed by atoms with Crippen molar-refractivity contribution < 1.29 is 4.39 Å². The first-order valence-corrected chi connectivity index (χ1v) is 3.12. The number of hydrogen-bond acceptors (Lipinski definition) is 0. The molecular weight excluding hydrogens is 115 g/mol. The Hall–Kier alpha value is -0.590. The molecule has 0 radical (unpaired) electrons. The van der Waals surface area contributed by atoms with Crippen LogP contribution in [0.5, 0.6) is 0 Å². The average molecular weight is 130 g/mol. The minimum atomic E-state index is -0.187. The van der Waals surface area contributed by atoms with Crippen LogP contribution in [0.4, 0.5) is 4.39 Å². The van der Waals surface area contributed by atoms with Crippen LogP contribution in [0.2, 0.25) is 0 Å². The van der Waals surface area contributed by atoms with E-state index in [1.807, 2.05) is 13.8 Å². The highest BCUT2D eigenvalue weighted by atomic mass is 19.1. The first-order valence-electron chi connectivity index (χ1n) is 3.12. The molecule has 0 rings (SSSR count). The van der Waals surface area contributed by atoms with Gasteiger partial charge in [0.2, 0.25) is 0 Å². The summed E-state index contributed by atoms with van der Waals surface area (Å²) in [4.78, 5) is 0. The van der Waals surface area contributed by atoms with Gasteiger partial charge in [-0.15, -0.1) is 0 Å². The Morgan fingerprint density at radius 1 is 1.33 bits per heavy atom. The lowest BCUT2D eigenvalue weighted by Gasteiger charge is -1.81. The maximum absolute atomic E-state index is 11.8. The Bertz CT molecular complexity index is 97.1. The maximum Gasteiger partial charge on any atom is 0.0971 e. The van der Waals surface area contributed by atoms with E-state index in [4.69, 9.17) is 0 Å². The van der Waals surface area contributed by atoms with E-state index >= 15 is 0 Å². The average Bonchev–Trinajstić information content (AvgIpc) is 1.68. The minimum Gasteiger partial charge on any atom is -0.212 e. The molecular formula is C8H15F. The van der Waals surface area contributed by atoms with Crippen LogP contribution >= 0.6 is 0 Å². The first-order chi connectivity index (χ1) is 4.13. The molecule has 0 saturated heterocycles. The van der Waals surface area contributed by atoms with Gasteiger partial charge in [0, 0.05) is 0 Å². The summed E-state index contributed by atoms with van der Waals surface area (Å²) in [7, 11) is 0. The number of allylic oxidation sites excluding steroid dienone is 3. The van der Waals surface area contributed by atoms with Crippen molar-refractivity contribution in [2.45, 2.75) is 27.7 Å². The van der Waals surface area contributed by atoms with Crippen LogP contribution in [0.3, 0.4) is 0 Å². The largest absolute Gasteiger partial charge is 0.212 e. The van der Waals surface area contributed by atoms with Crippen molar-refractivity contribution in [1.29, 1.82) is 0 Å². The van der Waals surface area contributed by atoms with Gasteiger partial charge in [0.25, 0.3) is 0 Å². The van der Waals surface area contributed by atoms with Crippen molar-refractivity contribution in [2.75, 3.05) is 0 Å². The topological polar surface area (TPSA) is 0 Å². The molecule has 0 aromatic carbocycles. The number of hydrogen-bond donors (Lipinski definition) is 0. The first kappa shape index (κ1) is 11.2. The van der Waals surface area contributed by atoms with Gasteiger partial charge in [-0.1, -0.05) is 26.0 Å². The van der Waals surface area contributed by atoms with E-state index in [1.165, 1.54) is 13.0 Å². The lowest BCUT2D eigenvalue weighted by atomic mass is 10.3. The lowest BCUT2D eigenvalue weighted by Crippen LogP contribution is -1.62. The van der Waals surface area contributed by atoms with Crippen LogP contribution in [0.15, 0.2) is 24.1 Å². The molecule has 0 amide bonds. The molecule has 0 aliphatic heterocycles. The summed E-state index contributed by atoms with van der Waals surface area (Å²) in [5.41, 5.74) is 0.750. The monoisotopic (exact) mass is 130 g/mol. The minimum absolute atomic E-state index is 0.187. The zero-order chi connectivity index (χ0) is 7.86. The van der Waals surface area contributed by atoms with E-state index in [2.05, 4.69) is 6.58 Å². The Labute approximate surface area is 57.1 Å². The summed E-state index contributed by atoms with van der Waals surface area (Å²) in [6, 6.07) is 0. The SMILES string of the molecule is C=C(C)/C=C(\C)F.CC. The molecule has 0 spiro atoms. The van der Waals surface area contributed by atoms with E-state index in [0.717, 1.165) is 5.57 Å². The van der Waals surface area contributed by atoms with Crippen LogP contribution < -0.4 is 0 Å². The molecule has 0 fully saturated rings. The normalized spacial score (nSPS) is 9.67. The molecule has 0 unspecified atom stereocenters. The fourth-order valence-electron chi connectivity index (χ4n) is 0.340. The molecule has 54 valence electrons. The fourth-order valence-corrected chi connectivity index (χ4v) is 0.340. The van der Waals surface area contributed by atoms with Gasteiger partial charge in [-0.2, -0.15) is 0 Å². The molecule has 1 heteroatoms. The van der Waals surface area contributed by atoms with Gasteiger partial charge in [0.05, 0.1) is 5.83 Å². The molecule has 0 saturated carbocycles. The van der Waals surface area contributed by atoms with Crippen LogP contribution in [0.1, 0.15) is 27.7 Å². The number of halogens is 1. The third kappa shape index (κ3) is 18.7.